The summed E-state index contributed by atoms with van der Waals surface area (Å²) in [6, 6.07) is 3.83. The first-order valence-electron chi connectivity index (χ1n) is 10.4. The number of anilines is 1. The SMILES string of the molecule is CN(C(=O)CNc1ccc2c(c1)C(=O)N(C1CCC(=O)NC1=O)C2=O)C1CCCNC1. The molecule has 3 aliphatic rings. The molecule has 0 saturated carbocycles. The van der Waals surface area contributed by atoms with Gasteiger partial charge in [-0.1, -0.05) is 0 Å². The highest BCUT2D eigenvalue weighted by Gasteiger charge is 2.44. The van der Waals surface area contributed by atoms with Gasteiger partial charge in [0, 0.05) is 31.7 Å². The molecule has 0 bridgehead atoms. The fourth-order valence-corrected chi connectivity index (χ4v) is 4.25. The molecule has 1 aromatic carbocycles. The minimum absolute atomic E-state index is 0.0603. The fraction of sp³-hybridized carbons (Fsp3) is 0.476. The van der Waals surface area contributed by atoms with E-state index in [9.17, 15) is 24.0 Å². The van der Waals surface area contributed by atoms with Gasteiger partial charge in [0.15, 0.2) is 0 Å². The number of piperidine rings is 2. The number of likely N-dealkylation sites (N-methyl/N-ethyl adjacent to an activating group) is 1. The minimum Gasteiger partial charge on any atom is -0.376 e. The van der Waals surface area contributed by atoms with E-state index in [-0.39, 0.29) is 42.5 Å². The van der Waals surface area contributed by atoms with Crippen molar-refractivity contribution in [1.82, 2.24) is 20.4 Å². The summed E-state index contributed by atoms with van der Waals surface area (Å²) < 4.78 is 0. The van der Waals surface area contributed by atoms with E-state index >= 15 is 0 Å². The number of hydrogen-bond donors (Lipinski definition) is 3. The van der Waals surface area contributed by atoms with E-state index in [2.05, 4.69) is 16.0 Å². The summed E-state index contributed by atoms with van der Waals surface area (Å²) in [5.41, 5.74) is 0.919. The van der Waals surface area contributed by atoms with Gasteiger partial charge in [0.2, 0.25) is 17.7 Å². The van der Waals surface area contributed by atoms with Crippen molar-refractivity contribution >= 4 is 35.2 Å². The van der Waals surface area contributed by atoms with Crippen molar-refractivity contribution in [1.29, 1.82) is 0 Å². The van der Waals surface area contributed by atoms with E-state index in [0.717, 1.165) is 30.8 Å². The number of amides is 5. The van der Waals surface area contributed by atoms with Crippen LogP contribution in [-0.2, 0) is 14.4 Å². The van der Waals surface area contributed by atoms with E-state index in [1.165, 1.54) is 12.1 Å². The second-order valence-corrected chi connectivity index (χ2v) is 8.07. The molecule has 0 spiro atoms. The van der Waals surface area contributed by atoms with Gasteiger partial charge in [0.1, 0.15) is 6.04 Å². The quantitative estimate of drug-likeness (QED) is 0.551. The topological polar surface area (TPSA) is 128 Å². The van der Waals surface area contributed by atoms with Crippen LogP contribution in [0.25, 0.3) is 0 Å². The molecule has 0 aliphatic carbocycles. The minimum atomic E-state index is -0.999. The number of carbonyl (C=O) groups is 5. The van der Waals surface area contributed by atoms with Crippen molar-refractivity contribution < 1.29 is 24.0 Å². The smallest absolute Gasteiger partial charge is 0.262 e. The van der Waals surface area contributed by atoms with E-state index in [1.807, 2.05) is 0 Å². The molecule has 3 heterocycles. The zero-order chi connectivity index (χ0) is 22.1. The van der Waals surface area contributed by atoms with Crippen molar-refractivity contribution in [2.45, 2.75) is 37.8 Å². The molecule has 2 saturated heterocycles. The Morgan fingerprint density at radius 1 is 1.16 bits per heavy atom. The number of hydrogen-bond acceptors (Lipinski definition) is 7. The summed E-state index contributed by atoms with van der Waals surface area (Å²) in [5, 5.41) is 8.48. The predicted molar refractivity (Wildman–Crippen MR) is 110 cm³/mol. The number of rotatable bonds is 5. The van der Waals surface area contributed by atoms with Crippen LogP contribution in [0.2, 0.25) is 0 Å². The van der Waals surface area contributed by atoms with E-state index in [0.29, 0.717) is 5.69 Å². The van der Waals surface area contributed by atoms with Crippen LogP contribution in [0.15, 0.2) is 18.2 Å². The number of carbonyl (C=O) groups excluding carboxylic acids is 5. The molecule has 3 N–H and O–H groups in total. The van der Waals surface area contributed by atoms with Gasteiger partial charge < -0.3 is 15.5 Å². The third-order valence-corrected chi connectivity index (χ3v) is 6.10. The summed E-state index contributed by atoms with van der Waals surface area (Å²) in [6.45, 7) is 1.80. The van der Waals surface area contributed by atoms with Crippen molar-refractivity contribution in [2.75, 3.05) is 32.0 Å². The maximum Gasteiger partial charge on any atom is 0.262 e. The third kappa shape index (κ3) is 4.02. The molecule has 0 radical (unpaired) electrons. The molecule has 0 aromatic heterocycles. The van der Waals surface area contributed by atoms with Crippen molar-refractivity contribution in [3.8, 4) is 0 Å². The molecule has 2 atom stereocenters. The summed E-state index contributed by atoms with van der Waals surface area (Å²) in [6.07, 6.45) is 2.17. The Morgan fingerprint density at radius 3 is 2.65 bits per heavy atom. The first-order chi connectivity index (χ1) is 14.9. The normalized spacial score (nSPS) is 23.5. The molecule has 5 amide bonds. The Bertz CT molecular complexity index is 955. The average Bonchev–Trinajstić information content (AvgIpc) is 3.02. The van der Waals surface area contributed by atoms with Gasteiger partial charge in [-0.25, -0.2) is 0 Å². The lowest BCUT2D eigenvalue weighted by molar-refractivity contribution is -0.136. The van der Waals surface area contributed by atoms with Crippen molar-refractivity contribution in [2.24, 2.45) is 0 Å². The zero-order valence-corrected chi connectivity index (χ0v) is 17.3. The van der Waals surface area contributed by atoms with Crippen LogP contribution >= 0.6 is 0 Å². The molecule has 164 valence electrons. The number of fused-ring (bicyclic) bond motifs is 1. The summed E-state index contributed by atoms with van der Waals surface area (Å²) >= 11 is 0. The van der Waals surface area contributed by atoms with Crippen LogP contribution in [0.1, 0.15) is 46.4 Å². The van der Waals surface area contributed by atoms with Gasteiger partial charge >= 0.3 is 0 Å². The molecule has 3 aliphatic heterocycles. The number of benzene rings is 1. The van der Waals surface area contributed by atoms with Crippen LogP contribution in [-0.4, -0.2) is 78.1 Å². The van der Waals surface area contributed by atoms with Crippen LogP contribution in [0.4, 0.5) is 5.69 Å². The van der Waals surface area contributed by atoms with Gasteiger partial charge in [-0.05, 0) is 44.0 Å². The summed E-state index contributed by atoms with van der Waals surface area (Å²) in [5.74, 6) is -2.25. The van der Waals surface area contributed by atoms with Crippen molar-refractivity contribution in [3.05, 3.63) is 29.3 Å². The molecule has 2 fully saturated rings. The summed E-state index contributed by atoms with van der Waals surface area (Å²) in [7, 11) is 1.78. The zero-order valence-electron chi connectivity index (χ0n) is 17.3. The fourth-order valence-electron chi connectivity index (χ4n) is 4.25. The largest absolute Gasteiger partial charge is 0.376 e. The highest BCUT2D eigenvalue weighted by Crippen LogP contribution is 2.29. The molecular weight excluding hydrogens is 402 g/mol. The van der Waals surface area contributed by atoms with Crippen LogP contribution in [0.5, 0.6) is 0 Å². The molecule has 4 rings (SSSR count). The second kappa shape index (κ2) is 8.46. The lowest BCUT2D eigenvalue weighted by Gasteiger charge is -2.31. The first kappa shape index (κ1) is 21.0. The highest BCUT2D eigenvalue weighted by atomic mass is 16.2. The van der Waals surface area contributed by atoms with Crippen molar-refractivity contribution in [3.63, 3.8) is 0 Å². The number of nitrogens with one attached hydrogen (secondary N) is 3. The lowest BCUT2D eigenvalue weighted by Crippen LogP contribution is -2.54. The van der Waals surface area contributed by atoms with Crippen LogP contribution < -0.4 is 16.0 Å². The first-order valence-corrected chi connectivity index (χ1v) is 10.4. The van der Waals surface area contributed by atoms with Crippen LogP contribution in [0.3, 0.4) is 0 Å². The standard InChI is InChI=1S/C21H25N5O5/c1-25(13-3-2-8-22-10-13)18(28)11-23-12-4-5-14-15(9-12)21(31)26(20(14)30)16-6-7-17(27)24-19(16)29/h4-5,9,13,16,22-23H,2-3,6-8,10-11H2,1H3,(H,24,27,29). The molecule has 31 heavy (non-hydrogen) atoms. The lowest BCUT2D eigenvalue weighted by atomic mass is 10.0. The monoisotopic (exact) mass is 427 g/mol. The molecular formula is C21H25N5O5. The van der Waals surface area contributed by atoms with Crippen LogP contribution in [0, 0.1) is 0 Å². The molecule has 10 heteroatoms. The average molecular weight is 427 g/mol. The maximum absolute atomic E-state index is 12.9. The molecule has 10 nitrogen and oxygen atoms in total. The highest BCUT2D eigenvalue weighted by molar-refractivity contribution is 6.23. The second-order valence-electron chi connectivity index (χ2n) is 8.07. The molecule has 1 aromatic rings. The van der Waals surface area contributed by atoms with E-state index in [1.54, 1.807) is 18.0 Å². The van der Waals surface area contributed by atoms with E-state index < -0.39 is 29.7 Å². The Kier molecular flexibility index (Phi) is 5.73. The Labute approximate surface area is 179 Å². The Balaban J connectivity index is 1.43. The van der Waals surface area contributed by atoms with Gasteiger partial charge in [-0.15, -0.1) is 0 Å². The van der Waals surface area contributed by atoms with Gasteiger partial charge in [0.05, 0.1) is 17.7 Å². The van der Waals surface area contributed by atoms with Gasteiger partial charge in [0.25, 0.3) is 11.8 Å². The van der Waals surface area contributed by atoms with E-state index in [4.69, 9.17) is 0 Å². The summed E-state index contributed by atoms with van der Waals surface area (Å²) in [4.78, 5) is 64.3. The Hall–Kier alpha value is -3.27. The predicted octanol–water partition coefficient (Wildman–Crippen LogP) is -0.290. The van der Waals surface area contributed by atoms with Gasteiger partial charge in [-0.2, -0.15) is 0 Å². The molecule has 2 unspecified atom stereocenters. The Morgan fingerprint density at radius 2 is 1.94 bits per heavy atom. The third-order valence-electron chi connectivity index (χ3n) is 6.10. The maximum atomic E-state index is 12.9. The van der Waals surface area contributed by atoms with Gasteiger partial charge in [-0.3, -0.25) is 34.2 Å². The number of nitrogens with zero attached hydrogens (tertiary/aromatic N) is 2. The number of imide groups is 2.